The molecular formula is C29H33F2N8O3+. The summed E-state index contributed by atoms with van der Waals surface area (Å²) in [6.45, 7) is 5.55. The number of amides is 1. The Morgan fingerprint density at radius 3 is 2.57 bits per heavy atom. The summed E-state index contributed by atoms with van der Waals surface area (Å²) in [5.41, 5.74) is 7.57. The minimum absolute atomic E-state index is 0.00660. The zero-order chi connectivity index (χ0) is 29.2. The first-order valence-corrected chi connectivity index (χ1v) is 13.9. The van der Waals surface area contributed by atoms with Crippen molar-refractivity contribution in [1.29, 1.82) is 0 Å². The standard InChI is InChI=1S/C29H32F2N8O3/c1-41-25-14-18(38-8-5-17(6-9-38)39-10-12-42-13-11-39)2-3-23(25)35-29-36-27-19(4-7-33-27)28(37-29)34-24-16-22(31)21(30)15-20(24)26(32)40/h2-4,7,14-17H,5-6,8-13H2,1H3,(H2,32,40)(H3,33,34,35,36,37)/p+1. The molecule has 2 aromatic heterocycles. The van der Waals surface area contributed by atoms with Crippen molar-refractivity contribution in [2.45, 2.75) is 18.9 Å². The van der Waals surface area contributed by atoms with Gasteiger partial charge in [0.25, 0.3) is 5.91 Å². The zero-order valence-electron chi connectivity index (χ0n) is 23.2. The second-order valence-electron chi connectivity index (χ2n) is 10.4. The topological polar surface area (TPSA) is 135 Å². The summed E-state index contributed by atoms with van der Waals surface area (Å²) in [4.78, 5) is 27.7. The van der Waals surface area contributed by atoms with Gasteiger partial charge in [0.05, 0.1) is 37.0 Å². The number of primary amides is 1. The number of hydrogen-bond donors (Lipinski definition) is 4. The Morgan fingerprint density at radius 2 is 1.83 bits per heavy atom. The lowest BCUT2D eigenvalue weighted by Gasteiger charge is -2.40. The molecule has 6 N–H and O–H groups in total. The molecule has 2 aromatic carbocycles. The van der Waals surface area contributed by atoms with Crippen LogP contribution in [0.1, 0.15) is 23.2 Å². The van der Waals surface area contributed by atoms with Gasteiger partial charge in [-0.3, -0.25) is 20.0 Å². The molecule has 0 unspecified atom stereocenters. The number of hydrogen-bond acceptors (Lipinski definition) is 8. The first kappa shape index (κ1) is 27.7. The summed E-state index contributed by atoms with van der Waals surface area (Å²) in [5, 5.41) is 6.82. The quantitative estimate of drug-likeness (QED) is 0.249. The molecule has 2 aliphatic rings. The molecule has 2 fully saturated rings. The van der Waals surface area contributed by atoms with Crippen molar-refractivity contribution in [3.63, 3.8) is 0 Å². The first-order valence-electron chi connectivity index (χ1n) is 13.9. The van der Waals surface area contributed by atoms with Gasteiger partial charge in [-0.1, -0.05) is 4.98 Å². The fraction of sp³-hybridized carbons (Fsp3) is 0.345. The number of morpholine rings is 1. The van der Waals surface area contributed by atoms with Crippen molar-refractivity contribution < 1.29 is 28.0 Å². The molecular weight excluding hydrogens is 546 g/mol. The molecule has 13 heteroatoms. The molecule has 0 bridgehead atoms. The van der Waals surface area contributed by atoms with Crippen molar-refractivity contribution in [1.82, 2.24) is 14.9 Å². The number of H-pyrrole nitrogens is 2. The van der Waals surface area contributed by atoms with E-state index in [1.54, 1.807) is 19.4 Å². The molecule has 0 atom stereocenters. The van der Waals surface area contributed by atoms with Crippen molar-refractivity contribution in [3.8, 4) is 5.75 Å². The van der Waals surface area contributed by atoms with Gasteiger partial charge in [0, 0.05) is 56.2 Å². The lowest BCUT2D eigenvalue weighted by atomic mass is 10.0. The SMILES string of the molecule is COc1cc(N2CCC(N3CCOCC3)CC2)ccc1Nc1nc(Nc2cc(F)c(F)cc2C(N)=O)c2cc[nH]c2[nH+]1. The number of piperidine rings is 1. The number of aromatic nitrogens is 3. The Balaban J connectivity index is 1.22. The van der Waals surface area contributed by atoms with Crippen molar-refractivity contribution in [3.05, 3.63) is 59.8 Å². The van der Waals surface area contributed by atoms with Crippen molar-refractivity contribution in [2.24, 2.45) is 5.73 Å². The minimum atomic E-state index is -1.17. The molecule has 0 aliphatic carbocycles. The number of rotatable bonds is 8. The lowest BCUT2D eigenvalue weighted by molar-refractivity contribution is -0.333. The van der Waals surface area contributed by atoms with Crippen LogP contribution in [0.2, 0.25) is 0 Å². The van der Waals surface area contributed by atoms with Gasteiger partial charge in [0.2, 0.25) is 11.5 Å². The second-order valence-corrected chi connectivity index (χ2v) is 10.4. The van der Waals surface area contributed by atoms with E-state index in [0.717, 1.165) is 70.1 Å². The van der Waals surface area contributed by atoms with Crippen LogP contribution in [0.4, 0.5) is 37.6 Å². The van der Waals surface area contributed by atoms with Crippen LogP contribution in [0.5, 0.6) is 5.75 Å². The van der Waals surface area contributed by atoms with Gasteiger partial charge in [-0.15, -0.1) is 0 Å². The van der Waals surface area contributed by atoms with E-state index in [1.165, 1.54) is 0 Å². The highest BCUT2D eigenvalue weighted by molar-refractivity contribution is 6.00. The number of carbonyl (C=O) groups is 1. The number of ether oxygens (including phenoxy) is 2. The van der Waals surface area contributed by atoms with Crippen LogP contribution < -0.4 is 31.0 Å². The molecule has 4 aromatic rings. The van der Waals surface area contributed by atoms with E-state index < -0.39 is 17.5 Å². The maximum atomic E-state index is 14.1. The maximum absolute atomic E-state index is 14.1. The number of halogens is 2. The third-order valence-electron chi connectivity index (χ3n) is 7.88. The van der Waals surface area contributed by atoms with E-state index in [0.29, 0.717) is 40.3 Å². The Hall–Kier alpha value is -4.49. The van der Waals surface area contributed by atoms with Gasteiger partial charge >= 0.3 is 5.95 Å². The molecule has 42 heavy (non-hydrogen) atoms. The maximum Gasteiger partial charge on any atom is 0.351 e. The number of nitrogens with one attached hydrogen (secondary N) is 4. The van der Waals surface area contributed by atoms with E-state index in [1.807, 2.05) is 18.2 Å². The first-order chi connectivity index (χ1) is 20.4. The van der Waals surface area contributed by atoms with Gasteiger partial charge in [0.1, 0.15) is 5.69 Å². The number of nitrogens with zero attached hydrogens (tertiary/aromatic N) is 3. The predicted molar refractivity (Wildman–Crippen MR) is 155 cm³/mol. The van der Waals surface area contributed by atoms with E-state index in [2.05, 4.69) is 35.4 Å². The third-order valence-corrected chi connectivity index (χ3v) is 7.88. The van der Waals surface area contributed by atoms with E-state index in [9.17, 15) is 13.6 Å². The van der Waals surface area contributed by atoms with E-state index in [-0.39, 0.29) is 11.3 Å². The summed E-state index contributed by atoms with van der Waals surface area (Å²) < 4.78 is 39.1. The molecule has 6 rings (SSSR count). The highest BCUT2D eigenvalue weighted by Crippen LogP contribution is 2.34. The van der Waals surface area contributed by atoms with Gasteiger partial charge < -0.3 is 25.4 Å². The largest absolute Gasteiger partial charge is 0.493 e. The normalized spacial score (nSPS) is 16.5. The number of anilines is 5. The summed E-state index contributed by atoms with van der Waals surface area (Å²) in [6, 6.07) is 9.98. The Bertz CT molecular complexity index is 1600. The molecule has 2 aliphatic heterocycles. The minimum Gasteiger partial charge on any atom is -0.493 e. The fourth-order valence-corrected chi connectivity index (χ4v) is 5.66. The monoisotopic (exact) mass is 579 g/mol. The number of nitrogens with two attached hydrogens (primary N) is 1. The Labute approximate surface area is 241 Å². The second kappa shape index (κ2) is 11.8. The van der Waals surface area contributed by atoms with Crippen LogP contribution in [-0.2, 0) is 4.74 Å². The Morgan fingerprint density at radius 1 is 1.07 bits per heavy atom. The summed E-state index contributed by atoms with van der Waals surface area (Å²) >= 11 is 0. The highest BCUT2D eigenvalue weighted by Gasteiger charge is 2.27. The number of fused-ring (bicyclic) bond motifs is 1. The summed E-state index contributed by atoms with van der Waals surface area (Å²) in [7, 11) is 1.61. The Kier molecular flexibility index (Phi) is 7.76. The van der Waals surface area contributed by atoms with Crippen molar-refractivity contribution in [2.75, 3.05) is 62.0 Å². The van der Waals surface area contributed by atoms with Gasteiger partial charge in [0.15, 0.2) is 17.4 Å². The van der Waals surface area contributed by atoms with Crippen LogP contribution in [-0.4, -0.2) is 73.3 Å². The summed E-state index contributed by atoms with van der Waals surface area (Å²) in [5.74, 6) is -1.93. The average Bonchev–Trinajstić information content (AvgIpc) is 3.49. The number of methoxy groups -OCH3 is 1. The zero-order valence-corrected chi connectivity index (χ0v) is 23.2. The number of carbonyl (C=O) groups excluding carboxylic acids is 1. The highest BCUT2D eigenvalue weighted by atomic mass is 19.2. The number of aromatic amines is 2. The molecule has 220 valence electrons. The summed E-state index contributed by atoms with van der Waals surface area (Å²) in [6.07, 6.45) is 3.90. The van der Waals surface area contributed by atoms with Crippen LogP contribution in [0, 0.1) is 11.6 Å². The molecule has 0 radical (unpaired) electrons. The van der Waals surface area contributed by atoms with Crippen LogP contribution in [0.25, 0.3) is 11.0 Å². The van der Waals surface area contributed by atoms with Gasteiger partial charge in [-0.2, -0.15) is 0 Å². The average molecular weight is 580 g/mol. The van der Waals surface area contributed by atoms with Gasteiger partial charge in [-0.25, -0.2) is 13.8 Å². The van der Waals surface area contributed by atoms with E-state index in [4.69, 9.17) is 15.2 Å². The van der Waals surface area contributed by atoms with Crippen LogP contribution in [0.3, 0.4) is 0 Å². The molecule has 0 spiro atoms. The molecule has 2 saturated heterocycles. The molecule has 4 heterocycles. The van der Waals surface area contributed by atoms with Crippen LogP contribution >= 0.6 is 0 Å². The molecule has 0 saturated carbocycles. The number of benzene rings is 2. The predicted octanol–water partition coefficient (Wildman–Crippen LogP) is 3.55. The lowest BCUT2D eigenvalue weighted by Crippen LogP contribution is -2.49. The molecule has 1 amide bonds. The van der Waals surface area contributed by atoms with Gasteiger partial charge in [-0.05, 0) is 37.1 Å². The molecule has 11 nitrogen and oxygen atoms in total. The van der Waals surface area contributed by atoms with Crippen molar-refractivity contribution >= 4 is 45.8 Å². The third kappa shape index (κ3) is 5.65. The van der Waals surface area contributed by atoms with Crippen LogP contribution in [0.15, 0.2) is 42.6 Å². The fourth-order valence-electron chi connectivity index (χ4n) is 5.66. The smallest absolute Gasteiger partial charge is 0.351 e. The van der Waals surface area contributed by atoms with E-state index >= 15 is 0 Å².